The molecule has 0 aliphatic carbocycles. The van der Waals surface area contributed by atoms with Crippen LogP contribution in [0.2, 0.25) is 0 Å². The van der Waals surface area contributed by atoms with Crippen molar-refractivity contribution >= 4 is 41.2 Å². The van der Waals surface area contributed by atoms with Crippen molar-refractivity contribution in [2.75, 3.05) is 24.3 Å². The van der Waals surface area contributed by atoms with E-state index in [4.69, 9.17) is 14.0 Å². The molecule has 0 unspecified atom stereocenters. The molecule has 0 aromatic heterocycles. The van der Waals surface area contributed by atoms with Crippen LogP contribution in [0.3, 0.4) is 0 Å². The van der Waals surface area contributed by atoms with Gasteiger partial charge in [0, 0.05) is 12.7 Å². The molecule has 1 aromatic rings. The van der Waals surface area contributed by atoms with Gasteiger partial charge < -0.3 is 9.47 Å². The molecule has 1 aromatic carbocycles. The van der Waals surface area contributed by atoms with Gasteiger partial charge in [0.05, 0.1) is 5.56 Å². The Bertz CT molecular complexity index is 756. The van der Waals surface area contributed by atoms with Crippen LogP contribution < -0.4 is 10.4 Å². The van der Waals surface area contributed by atoms with E-state index in [0.717, 1.165) is 0 Å². The standard InChI is InChI=1S/C15H22BNO7S/c1-15(2,3)24-14(19)17(4)12-6-5-10(9-11(12)16)13(18)23-7-8-25(20,21)22/h5-6,9H,7-8,16H2,1-4H3,(H,20,21,22). The van der Waals surface area contributed by atoms with E-state index < -0.39 is 40.1 Å². The number of carbonyl (C=O) groups excluding carboxylic acids is 2. The second-order valence-corrected chi connectivity index (χ2v) is 8.03. The van der Waals surface area contributed by atoms with Gasteiger partial charge in [-0.2, -0.15) is 8.42 Å². The van der Waals surface area contributed by atoms with Crippen molar-refractivity contribution in [3.8, 4) is 0 Å². The molecule has 0 saturated heterocycles. The van der Waals surface area contributed by atoms with Crippen molar-refractivity contribution in [2.45, 2.75) is 26.4 Å². The normalized spacial score (nSPS) is 11.7. The number of esters is 1. The Morgan fingerprint density at radius 2 is 1.88 bits per heavy atom. The molecular weight excluding hydrogens is 349 g/mol. The number of nitrogens with zero attached hydrogens (tertiary/aromatic N) is 1. The summed E-state index contributed by atoms with van der Waals surface area (Å²) in [6.07, 6.45) is -0.529. The largest absolute Gasteiger partial charge is 0.461 e. The van der Waals surface area contributed by atoms with Crippen LogP contribution in [0.25, 0.3) is 0 Å². The molecule has 0 saturated carbocycles. The third-order valence-electron chi connectivity index (χ3n) is 3.04. The Labute approximate surface area is 148 Å². The first kappa shape index (κ1) is 21.0. The highest BCUT2D eigenvalue weighted by atomic mass is 32.2. The van der Waals surface area contributed by atoms with Crippen LogP contribution in [0.5, 0.6) is 0 Å². The van der Waals surface area contributed by atoms with Crippen LogP contribution in [0.15, 0.2) is 18.2 Å². The molecule has 0 fully saturated rings. The Morgan fingerprint density at radius 1 is 1.28 bits per heavy atom. The van der Waals surface area contributed by atoms with Gasteiger partial charge in [0.25, 0.3) is 10.1 Å². The first-order valence-electron chi connectivity index (χ1n) is 7.50. The molecule has 25 heavy (non-hydrogen) atoms. The van der Waals surface area contributed by atoms with Crippen LogP contribution in [0.4, 0.5) is 10.5 Å². The predicted molar refractivity (Wildman–Crippen MR) is 96.0 cm³/mol. The zero-order valence-electron chi connectivity index (χ0n) is 14.9. The fourth-order valence-electron chi connectivity index (χ4n) is 1.91. The zero-order valence-corrected chi connectivity index (χ0v) is 15.7. The number of ether oxygens (including phenoxy) is 2. The highest BCUT2D eigenvalue weighted by molar-refractivity contribution is 7.85. The highest BCUT2D eigenvalue weighted by Gasteiger charge is 2.22. The molecule has 0 bridgehead atoms. The van der Waals surface area contributed by atoms with E-state index in [1.165, 1.54) is 17.0 Å². The van der Waals surface area contributed by atoms with Gasteiger partial charge in [0.2, 0.25) is 0 Å². The molecule has 138 valence electrons. The predicted octanol–water partition coefficient (Wildman–Crippen LogP) is 0.361. The van der Waals surface area contributed by atoms with Crippen LogP contribution in [-0.2, 0) is 19.6 Å². The molecule has 0 radical (unpaired) electrons. The summed E-state index contributed by atoms with van der Waals surface area (Å²) in [6.45, 7) is 4.84. The summed E-state index contributed by atoms with van der Waals surface area (Å²) in [5, 5.41) is 0. The topological polar surface area (TPSA) is 110 Å². The Balaban J connectivity index is 2.82. The number of benzene rings is 1. The summed E-state index contributed by atoms with van der Waals surface area (Å²) in [6, 6.07) is 4.55. The van der Waals surface area contributed by atoms with Crippen molar-refractivity contribution in [2.24, 2.45) is 0 Å². The number of rotatable bonds is 5. The minimum Gasteiger partial charge on any atom is -0.461 e. The van der Waals surface area contributed by atoms with Gasteiger partial charge in [-0.15, -0.1) is 0 Å². The SMILES string of the molecule is Bc1cc(C(=O)OCCS(=O)(=O)O)ccc1N(C)C(=O)OC(C)(C)C. The summed E-state index contributed by atoms with van der Waals surface area (Å²) in [5.74, 6) is -1.39. The minimum absolute atomic E-state index is 0.203. The van der Waals surface area contributed by atoms with E-state index in [1.807, 2.05) is 0 Å². The lowest BCUT2D eigenvalue weighted by molar-refractivity contribution is 0.0527. The maximum Gasteiger partial charge on any atom is 0.414 e. The lowest BCUT2D eigenvalue weighted by Crippen LogP contribution is -2.36. The fraction of sp³-hybridized carbons (Fsp3) is 0.467. The minimum atomic E-state index is -4.19. The van der Waals surface area contributed by atoms with Crippen molar-refractivity contribution in [3.63, 3.8) is 0 Å². The summed E-state index contributed by atoms with van der Waals surface area (Å²) < 4.78 is 39.9. The molecule has 1 rings (SSSR count). The lowest BCUT2D eigenvalue weighted by Gasteiger charge is -2.25. The van der Waals surface area contributed by atoms with Crippen molar-refractivity contribution in [1.82, 2.24) is 0 Å². The number of hydrogen-bond donors (Lipinski definition) is 1. The van der Waals surface area contributed by atoms with E-state index in [0.29, 0.717) is 11.2 Å². The summed E-state index contributed by atoms with van der Waals surface area (Å²) >= 11 is 0. The average molecular weight is 371 g/mol. The van der Waals surface area contributed by atoms with Crippen LogP contribution in [0.1, 0.15) is 31.1 Å². The highest BCUT2D eigenvalue weighted by Crippen LogP contribution is 2.16. The van der Waals surface area contributed by atoms with Crippen LogP contribution in [-0.4, -0.2) is 57.9 Å². The monoisotopic (exact) mass is 371 g/mol. The Kier molecular flexibility index (Phi) is 6.61. The number of anilines is 1. The van der Waals surface area contributed by atoms with Gasteiger partial charge in [0.1, 0.15) is 25.8 Å². The molecule has 0 spiro atoms. The summed E-state index contributed by atoms with van der Waals surface area (Å²) in [5.41, 5.74) is 0.770. The van der Waals surface area contributed by atoms with Gasteiger partial charge in [-0.05, 0) is 32.9 Å². The van der Waals surface area contributed by atoms with Gasteiger partial charge in [-0.25, -0.2) is 9.59 Å². The van der Waals surface area contributed by atoms with E-state index in [-0.39, 0.29) is 5.56 Å². The van der Waals surface area contributed by atoms with Crippen molar-refractivity contribution < 1.29 is 32.0 Å². The molecule has 8 nitrogen and oxygen atoms in total. The Morgan fingerprint density at radius 3 is 2.36 bits per heavy atom. The first-order chi connectivity index (χ1) is 11.3. The van der Waals surface area contributed by atoms with Crippen molar-refractivity contribution in [3.05, 3.63) is 23.8 Å². The molecule has 1 amide bonds. The lowest BCUT2D eigenvalue weighted by atomic mass is 9.91. The van der Waals surface area contributed by atoms with Crippen LogP contribution in [0, 0.1) is 0 Å². The second kappa shape index (κ2) is 7.88. The van der Waals surface area contributed by atoms with E-state index in [2.05, 4.69) is 0 Å². The molecule has 10 heteroatoms. The first-order valence-corrected chi connectivity index (χ1v) is 9.11. The third kappa shape index (κ3) is 7.14. The molecule has 0 aliphatic heterocycles. The third-order valence-corrected chi connectivity index (χ3v) is 3.72. The van der Waals surface area contributed by atoms with Gasteiger partial charge in [-0.3, -0.25) is 9.45 Å². The average Bonchev–Trinajstić information content (AvgIpc) is 2.43. The second-order valence-electron chi connectivity index (χ2n) is 6.46. The molecule has 0 atom stereocenters. The Hall–Kier alpha value is -2.07. The smallest absolute Gasteiger partial charge is 0.414 e. The number of carbonyl (C=O) groups is 2. The fourth-order valence-corrected chi connectivity index (χ4v) is 2.20. The maximum atomic E-state index is 12.1. The number of amides is 1. The van der Waals surface area contributed by atoms with E-state index in [1.54, 1.807) is 41.7 Å². The van der Waals surface area contributed by atoms with Crippen molar-refractivity contribution in [1.29, 1.82) is 0 Å². The zero-order chi connectivity index (χ0) is 19.4. The quantitative estimate of drug-likeness (QED) is 0.452. The summed E-state index contributed by atoms with van der Waals surface area (Å²) in [7, 11) is -0.918. The molecule has 1 N–H and O–H groups in total. The van der Waals surface area contributed by atoms with E-state index in [9.17, 15) is 18.0 Å². The molecule has 0 aliphatic rings. The maximum absolute atomic E-state index is 12.1. The van der Waals surface area contributed by atoms with Gasteiger partial charge >= 0.3 is 12.1 Å². The summed E-state index contributed by atoms with van der Waals surface area (Å²) in [4.78, 5) is 25.3. The molecule has 0 heterocycles. The number of hydrogen-bond acceptors (Lipinski definition) is 6. The van der Waals surface area contributed by atoms with Gasteiger partial charge in [0.15, 0.2) is 0 Å². The molecular formula is C15H22BNO7S. The van der Waals surface area contributed by atoms with E-state index >= 15 is 0 Å². The van der Waals surface area contributed by atoms with Gasteiger partial charge in [-0.1, -0.05) is 11.5 Å². The van der Waals surface area contributed by atoms with Crippen LogP contribution >= 0.6 is 0 Å².